The molecule has 1 aromatic rings. The van der Waals surface area contributed by atoms with Crippen molar-refractivity contribution in [2.24, 2.45) is 5.73 Å². The van der Waals surface area contributed by atoms with E-state index in [-0.39, 0.29) is 6.04 Å². The summed E-state index contributed by atoms with van der Waals surface area (Å²) in [4.78, 5) is 0. The lowest BCUT2D eigenvalue weighted by molar-refractivity contribution is 0.663. The number of rotatable bonds is 5. The summed E-state index contributed by atoms with van der Waals surface area (Å²) in [6.07, 6.45) is 0.887. The molecular formula is C14H23NOS. The van der Waals surface area contributed by atoms with Crippen LogP contribution in [0.5, 0.6) is 0 Å². The lowest BCUT2D eigenvalue weighted by Gasteiger charge is -2.13. The van der Waals surface area contributed by atoms with Crippen molar-refractivity contribution < 1.29 is 4.21 Å². The summed E-state index contributed by atoms with van der Waals surface area (Å²) in [5.41, 5.74) is 10.8. The van der Waals surface area contributed by atoms with Gasteiger partial charge in [-0.05, 0) is 43.9 Å². The van der Waals surface area contributed by atoms with E-state index in [0.29, 0.717) is 11.5 Å². The van der Waals surface area contributed by atoms with Crippen LogP contribution in [0.2, 0.25) is 0 Å². The summed E-state index contributed by atoms with van der Waals surface area (Å²) in [7, 11) is -0.853. The van der Waals surface area contributed by atoms with Crippen molar-refractivity contribution in [1.82, 2.24) is 0 Å². The first kappa shape index (κ1) is 14.4. The molecule has 0 spiro atoms. The van der Waals surface area contributed by atoms with Crippen molar-refractivity contribution in [2.45, 2.75) is 45.9 Å². The van der Waals surface area contributed by atoms with Gasteiger partial charge < -0.3 is 5.73 Å². The van der Waals surface area contributed by atoms with Crippen LogP contribution >= 0.6 is 0 Å². The molecule has 0 saturated heterocycles. The highest BCUT2D eigenvalue weighted by Crippen LogP contribution is 2.18. The van der Waals surface area contributed by atoms with Crippen LogP contribution in [0.4, 0.5) is 0 Å². The topological polar surface area (TPSA) is 43.1 Å². The molecule has 0 aliphatic rings. The zero-order chi connectivity index (χ0) is 13.0. The van der Waals surface area contributed by atoms with Crippen molar-refractivity contribution >= 4 is 10.8 Å². The Hall–Kier alpha value is -0.670. The Morgan fingerprint density at radius 1 is 1.24 bits per heavy atom. The van der Waals surface area contributed by atoms with Gasteiger partial charge in [0, 0.05) is 28.3 Å². The Morgan fingerprint density at radius 2 is 1.76 bits per heavy atom. The first-order valence-electron chi connectivity index (χ1n) is 6.11. The standard InChI is InChI=1S/C14H23NOS/c1-5-13(15)8-17(16)9-14-11(3)6-10(2)7-12(14)4/h6-7,13H,5,8-9,15H2,1-4H3. The van der Waals surface area contributed by atoms with Gasteiger partial charge in [0.15, 0.2) is 0 Å². The molecule has 1 aromatic carbocycles. The van der Waals surface area contributed by atoms with Crippen molar-refractivity contribution in [3.63, 3.8) is 0 Å². The van der Waals surface area contributed by atoms with E-state index < -0.39 is 10.8 Å². The predicted octanol–water partition coefficient (Wildman–Crippen LogP) is 2.60. The second-order valence-electron chi connectivity index (χ2n) is 4.80. The van der Waals surface area contributed by atoms with Crippen molar-refractivity contribution in [3.8, 4) is 0 Å². The van der Waals surface area contributed by atoms with Gasteiger partial charge in [-0.15, -0.1) is 0 Å². The van der Waals surface area contributed by atoms with Crippen LogP contribution < -0.4 is 5.73 Å². The van der Waals surface area contributed by atoms with E-state index in [1.54, 1.807) is 0 Å². The van der Waals surface area contributed by atoms with E-state index in [4.69, 9.17) is 5.73 Å². The molecule has 0 saturated carbocycles. The normalized spacial score (nSPS) is 14.6. The molecule has 0 aliphatic heterocycles. The minimum Gasteiger partial charge on any atom is -0.327 e. The molecule has 0 heterocycles. The summed E-state index contributed by atoms with van der Waals surface area (Å²) in [5.74, 6) is 1.23. The third kappa shape index (κ3) is 4.25. The summed E-state index contributed by atoms with van der Waals surface area (Å²) in [6, 6.07) is 4.36. The molecule has 1 rings (SSSR count). The molecule has 0 fully saturated rings. The van der Waals surface area contributed by atoms with Gasteiger partial charge in [0.2, 0.25) is 0 Å². The number of benzene rings is 1. The maximum atomic E-state index is 12.0. The summed E-state index contributed by atoms with van der Waals surface area (Å²) in [6.45, 7) is 8.30. The average molecular weight is 253 g/mol. The lowest BCUT2D eigenvalue weighted by atomic mass is 10.0. The molecule has 2 N–H and O–H groups in total. The second-order valence-corrected chi connectivity index (χ2v) is 6.30. The molecule has 2 nitrogen and oxygen atoms in total. The van der Waals surface area contributed by atoms with Gasteiger partial charge in [0.25, 0.3) is 0 Å². The van der Waals surface area contributed by atoms with E-state index in [9.17, 15) is 4.21 Å². The Morgan fingerprint density at radius 3 is 2.24 bits per heavy atom. The molecule has 0 bridgehead atoms. The Balaban J connectivity index is 2.78. The number of hydrogen-bond donors (Lipinski definition) is 1. The molecule has 0 aromatic heterocycles. The van der Waals surface area contributed by atoms with Crippen LogP contribution in [0, 0.1) is 20.8 Å². The molecule has 0 radical (unpaired) electrons. The zero-order valence-corrected chi connectivity index (χ0v) is 12.1. The highest BCUT2D eigenvalue weighted by molar-refractivity contribution is 7.84. The minimum atomic E-state index is -0.853. The van der Waals surface area contributed by atoms with Gasteiger partial charge in [0.1, 0.15) is 0 Å². The number of aryl methyl sites for hydroxylation is 3. The zero-order valence-electron chi connectivity index (χ0n) is 11.2. The first-order chi connectivity index (χ1) is 7.93. The summed E-state index contributed by atoms with van der Waals surface area (Å²) < 4.78 is 12.0. The van der Waals surface area contributed by atoms with Crippen LogP contribution in [0.1, 0.15) is 35.6 Å². The van der Waals surface area contributed by atoms with Crippen molar-refractivity contribution in [2.75, 3.05) is 5.75 Å². The third-order valence-electron chi connectivity index (χ3n) is 3.07. The van der Waals surface area contributed by atoms with Gasteiger partial charge in [-0.2, -0.15) is 0 Å². The van der Waals surface area contributed by atoms with Gasteiger partial charge in [-0.1, -0.05) is 24.6 Å². The number of nitrogens with two attached hydrogens (primary N) is 1. The number of hydrogen-bond acceptors (Lipinski definition) is 2. The van der Waals surface area contributed by atoms with E-state index in [1.807, 2.05) is 6.92 Å². The van der Waals surface area contributed by atoms with Crippen molar-refractivity contribution in [1.29, 1.82) is 0 Å². The lowest BCUT2D eigenvalue weighted by Crippen LogP contribution is -2.26. The quantitative estimate of drug-likeness (QED) is 0.876. The van der Waals surface area contributed by atoms with Gasteiger partial charge in [0.05, 0.1) is 0 Å². The van der Waals surface area contributed by atoms with Gasteiger partial charge in [-0.25, -0.2) is 0 Å². The third-order valence-corrected chi connectivity index (χ3v) is 4.48. The molecule has 96 valence electrons. The Labute approximate surface area is 107 Å². The highest BCUT2D eigenvalue weighted by Gasteiger charge is 2.10. The average Bonchev–Trinajstić information content (AvgIpc) is 2.23. The molecule has 3 heteroatoms. The molecular weight excluding hydrogens is 230 g/mol. The van der Waals surface area contributed by atoms with Gasteiger partial charge in [-0.3, -0.25) is 4.21 Å². The van der Waals surface area contributed by atoms with E-state index >= 15 is 0 Å². The largest absolute Gasteiger partial charge is 0.327 e. The Bertz CT molecular complexity index is 392. The molecule has 0 aliphatic carbocycles. The van der Waals surface area contributed by atoms with Crippen LogP contribution in [-0.4, -0.2) is 16.0 Å². The van der Waals surface area contributed by atoms with Crippen LogP contribution in [0.15, 0.2) is 12.1 Å². The molecule has 17 heavy (non-hydrogen) atoms. The predicted molar refractivity (Wildman–Crippen MR) is 75.6 cm³/mol. The molecule has 2 unspecified atom stereocenters. The van der Waals surface area contributed by atoms with E-state index in [0.717, 1.165) is 6.42 Å². The SMILES string of the molecule is CCC(N)CS(=O)Cc1c(C)cc(C)cc1C. The minimum absolute atomic E-state index is 0.0573. The van der Waals surface area contributed by atoms with Crippen molar-refractivity contribution in [3.05, 3.63) is 34.4 Å². The smallest absolute Gasteiger partial charge is 0.0491 e. The molecule has 0 amide bonds. The first-order valence-corrected chi connectivity index (χ1v) is 7.60. The van der Waals surface area contributed by atoms with E-state index in [1.165, 1.54) is 22.3 Å². The fraction of sp³-hybridized carbons (Fsp3) is 0.571. The fourth-order valence-corrected chi connectivity index (χ4v) is 3.62. The van der Waals surface area contributed by atoms with Crippen LogP contribution in [-0.2, 0) is 16.6 Å². The summed E-state index contributed by atoms with van der Waals surface area (Å²) in [5, 5.41) is 0. The second kappa shape index (κ2) is 6.31. The maximum absolute atomic E-state index is 12.0. The van der Waals surface area contributed by atoms with E-state index in [2.05, 4.69) is 32.9 Å². The molecule has 2 atom stereocenters. The fourth-order valence-electron chi connectivity index (χ4n) is 2.01. The van der Waals surface area contributed by atoms with Crippen LogP contribution in [0.3, 0.4) is 0 Å². The summed E-state index contributed by atoms with van der Waals surface area (Å²) >= 11 is 0. The maximum Gasteiger partial charge on any atom is 0.0491 e. The highest BCUT2D eigenvalue weighted by atomic mass is 32.2. The Kier molecular flexibility index (Phi) is 5.34. The van der Waals surface area contributed by atoms with Gasteiger partial charge >= 0.3 is 0 Å². The monoisotopic (exact) mass is 253 g/mol. The van der Waals surface area contributed by atoms with Crippen LogP contribution in [0.25, 0.3) is 0 Å².